The van der Waals surface area contributed by atoms with Crippen LogP contribution in [0.2, 0.25) is 5.02 Å². The molecule has 6 atom stereocenters. The van der Waals surface area contributed by atoms with Gasteiger partial charge in [0.1, 0.15) is 6.10 Å². The summed E-state index contributed by atoms with van der Waals surface area (Å²) < 4.78 is 22.3. The minimum Gasteiger partial charge on any atom is -0.490 e. The van der Waals surface area contributed by atoms with Gasteiger partial charge in [-0.25, -0.2) is 4.79 Å². The zero-order valence-corrected chi connectivity index (χ0v) is 21.7. The number of ether oxygens (including phenoxy) is 3. The third kappa shape index (κ3) is 4.09. The number of rotatable bonds is 4. The van der Waals surface area contributed by atoms with Crippen molar-refractivity contribution in [2.75, 3.05) is 7.11 Å². The number of fused-ring (bicyclic) bond motifs is 3. The van der Waals surface area contributed by atoms with Crippen LogP contribution in [0, 0.1) is 28.6 Å². The minimum atomic E-state index is -0.774. The summed E-state index contributed by atoms with van der Waals surface area (Å²) in [6, 6.07) is 8.12. The van der Waals surface area contributed by atoms with E-state index in [2.05, 4.69) is 13.5 Å². The van der Waals surface area contributed by atoms with Crippen LogP contribution in [-0.4, -0.2) is 24.8 Å². The van der Waals surface area contributed by atoms with Crippen LogP contribution < -0.4 is 0 Å². The van der Waals surface area contributed by atoms with Gasteiger partial charge in [0.05, 0.1) is 36.9 Å². The summed E-state index contributed by atoms with van der Waals surface area (Å²) in [5, 5.41) is 0.368. The fraction of sp³-hybridized carbons (Fsp3) is 0.414. The highest BCUT2D eigenvalue weighted by Crippen LogP contribution is 2.66. The maximum absolute atomic E-state index is 14.2. The standard InChI is InChI=1S/C29H29ClO7/c1-16-20-8-10-28(2)21(27(33)34-4)13-22(37-26(32)17-6-5-7-19(30)12-17)24(31)25(28)29(20,3)14-23(36-16)18-9-11-35-15-18/h5-7,9,11-13,15,20-21,23,25H,1,8,10,14H2,2-4H3/t20-,21-,23-,25-,28-,29-/m0/s1. The molecular formula is C29H29ClO7. The average Bonchev–Trinajstić information content (AvgIpc) is 3.39. The van der Waals surface area contributed by atoms with Gasteiger partial charge in [-0.2, -0.15) is 0 Å². The van der Waals surface area contributed by atoms with E-state index < -0.39 is 34.6 Å². The Bertz CT molecular complexity index is 1300. The highest BCUT2D eigenvalue weighted by Gasteiger charge is 2.65. The van der Waals surface area contributed by atoms with Crippen LogP contribution >= 0.6 is 11.6 Å². The zero-order valence-electron chi connectivity index (χ0n) is 21.0. The van der Waals surface area contributed by atoms with Gasteiger partial charge in [0.2, 0.25) is 5.78 Å². The first-order valence-corrected chi connectivity index (χ1v) is 12.7. The number of allylic oxidation sites excluding steroid dienone is 2. The van der Waals surface area contributed by atoms with Gasteiger partial charge in [0.25, 0.3) is 0 Å². The van der Waals surface area contributed by atoms with Crippen molar-refractivity contribution in [3.63, 3.8) is 0 Å². The summed E-state index contributed by atoms with van der Waals surface area (Å²) in [4.78, 5) is 40.3. The van der Waals surface area contributed by atoms with Crippen molar-refractivity contribution in [3.05, 3.63) is 83.2 Å². The fourth-order valence-corrected chi connectivity index (χ4v) is 7.04. The molecule has 2 aliphatic carbocycles. The number of benzene rings is 1. The molecule has 0 unspecified atom stereocenters. The molecule has 194 valence electrons. The van der Waals surface area contributed by atoms with Crippen molar-refractivity contribution in [1.82, 2.24) is 0 Å². The van der Waals surface area contributed by atoms with E-state index in [1.807, 2.05) is 13.0 Å². The lowest BCUT2D eigenvalue weighted by atomic mass is 9.44. The number of carbonyl (C=O) groups is 3. The monoisotopic (exact) mass is 524 g/mol. The molecule has 2 heterocycles. The van der Waals surface area contributed by atoms with Crippen LogP contribution in [0.3, 0.4) is 0 Å². The molecule has 2 fully saturated rings. The van der Waals surface area contributed by atoms with Gasteiger partial charge in [-0.3, -0.25) is 9.59 Å². The van der Waals surface area contributed by atoms with Crippen LogP contribution in [0.25, 0.3) is 0 Å². The molecule has 8 heteroatoms. The zero-order chi connectivity index (χ0) is 26.5. The predicted octanol–water partition coefficient (Wildman–Crippen LogP) is 6.06. The molecule has 5 rings (SSSR count). The lowest BCUT2D eigenvalue weighted by Gasteiger charge is -2.60. The molecule has 0 bridgehead atoms. The van der Waals surface area contributed by atoms with Crippen molar-refractivity contribution < 1.29 is 33.0 Å². The predicted molar refractivity (Wildman–Crippen MR) is 134 cm³/mol. The van der Waals surface area contributed by atoms with E-state index >= 15 is 0 Å². The molecule has 0 spiro atoms. The Labute approximate surface area is 220 Å². The van der Waals surface area contributed by atoms with Gasteiger partial charge in [0, 0.05) is 22.4 Å². The molecule has 3 aliphatic rings. The molecule has 0 radical (unpaired) electrons. The van der Waals surface area contributed by atoms with Crippen molar-refractivity contribution >= 4 is 29.3 Å². The SMILES string of the molecule is C=C1O[C@H](c2ccoc2)C[C@]2(C)[C@H]3C(=O)C(OC(=O)c4cccc(Cl)c4)=C[C@@H](C(=O)OC)[C@]3(C)CC[C@@H]12. The van der Waals surface area contributed by atoms with E-state index in [0.29, 0.717) is 30.0 Å². The highest BCUT2D eigenvalue weighted by atomic mass is 35.5. The van der Waals surface area contributed by atoms with Gasteiger partial charge < -0.3 is 18.6 Å². The number of esters is 2. The maximum Gasteiger partial charge on any atom is 0.343 e. The summed E-state index contributed by atoms with van der Waals surface area (Å²) in [6.45, 7) is 8.21. The molecule has 0 amide bonds. The van der Waals surface area contributed by atoms with Gasteiger partial charge in [-0.15, -0.1) is 0 Å². The van der Waals surface area contributed by atoms with Crippen LogP contribution in [0.4, 0.5) is 0 Å². The summed E-state index contributed by atoms with van der Waals surface area (Å²) in [5.41, 5.74) is -0.324. The third-order valence-corrected chi connectivity index (χ3v) is 8.80. The van der Waals surface area contributed by atoms with E-state index in [9.17, 15) is 14.4 Å². The molecule has 1 aromatic carbocycles. The number of hydrogen-bond donors (Lipinski definition) is 0. The first-order chi connectivity index (χ1) is 17.6. The number of carbonyl (C=O) groups excluding carboxylic acids is 3. The first kappa shape index (κ1) is 25.3. The number of furan rings is 1. The van der Waals surface area contributed by atoms with Crippen molar-refractivity contribution in [2.45, 2.75) is 39.2 Å². The smallest absolute Gasteiger partial charge is 0.343 e. The maximum atomic E-state index is 14.2. The Morgan fingerprint density at radius 2 is 1.97 bits per heavy atom. The Kier molecular flexibility index (Phi) is 6.31. The topological polar surface area (TPSA) is 92.0 Å². The molecule has 37 heavy (non-hydrogen) atoms. The highest BCUT2D eigenvalue weighted by molar-refractivity contribution is 6.30. The molecule has 0 N–H and O–H groups in total. The summed E-state index contributed by atoms with van der Waals surface area (Å²) in [7, 11) is 1.32. The van der Waals surface area contributed by atoms with E-state index in [1.54, 1.807) is 30.7 Å². The molecule has 2 aromatic rings. The molecular weight excluding hydrogens is 496 g/mol. The van der Waals surface area contributed by atoms with Gasteiger partial charge in [0.15, 0.2) is 5.76 Å². The summed E-state index contributed by atoms with van der Waals surface area (Å²) in [6.07, 6.45) is 6.09. The molecule has 1 aliphatic heterocycles. The lowest BCUT2D eigenvalue weighted by molar-refractivity contribution is -0.174. The molecule has 7 nitrogen and oxygen atoms in total. The summed E-state index contributed by atoms with van der Waals surface area (Å²) in [5.74, 6) is -2.59. The second-order valence-electron chi connectivity index (χ2n) is 10.7. The normalized spacial score (nSPS) is 32.9. The number of Topliss-reactive ketones (excluding diaryl/α,β-unsaturated/α-hetero) is 1. The lowest BCUT2D eigenvalue weighted by Crippen LogP contribution is -2.60. The molecule has 1 saturated carbocycles. The molecule has 1 aromatic heterocycles. The van der Waals surface area contributed by atoms with Crippen LogP contribution in [0.15, 0.2) is 71.4 Å². The molecule has 1 saturated heterocycles. The second-order valence-corrected chi connectivity index (χ2v) is 11.1. The Balaban J connectivity index is 1.57. The first-order valence-electron chi connectivity index (χ1n) is 12.3. The number of ketones is 1. The Hall–Kier alpha value is -3.32. The van der Waals surface area contributed by atoms with E-state index in [4.69, 9.17) is 30.2 Å². The van der Waals surface area contributed by atoms with E-state index in [-0.39, 0.29) is 29.1 Å². The van der Waals surface area contributed by atoms with Crippen LogP contribution in [0.1, 0.15) is 55.1 Å². The van der Waals surface area contributed by atoms with Gasteiger partial charge in [-0.1, -0.05) is 38.1 Å². The van der Waals surface area contributed by atoms with Crippen LogP contribution in [0.5, 0.6) is 0 Å². The van der Waals surface area contributed by atoms with Crippen molar-refractivity contribution in [1.29, 1.82) is 0 Å². The fourth-order valence-electron chi connectivity index (χ4n) is 6.85. The average molecular weight is 525 g/mol. The number of halogens is 1. The second kappa shape index (κ2) is 9.21. The Morgan fingerprint density at radius 3 is 2.65 bits per heavy atom. The Morgan fingerprint density at radius 1 is 1.19 bits per heavy atom. The van der Waals surface area contributed by atoms with Gasteiger partial charge in [-0.05, 0) is 60.4 Å². The quantitative estimate of drug-likeness (QED) is 0.449. The minimum absolute atomic E-state index is 0.112. The van der Waals surface area contributed by atoms with E-state index in [0.717, 1.165) is 5.56 Å². The largest absolute Gasteiger partial charge is 0.490 e. The van der Waals surface area contributed by atoms with Gasteiger partial charge >= 0.3 is 11.9 Å². The third-order valence-electron chi connectivity index (χ3n) is 8.56. The number of methoxy groups -OCH3 is 1. The van der Waals surface area contributed by atoms with Crippen LogP contribution in [-0.2, 0) is 23.8 Å². The van der Waals surface area contributed by atoms with Crippen molar-refractivity contribution in [3.8, 4) is 0 Å². The summed E-state index contributed by atoms with van der Waals surface area (Å²) >= 11 is 6.04. The van der Waals surface area contributed by atoms with Crippen molar-refractivity contribution in [2.24, 2.45) is 28.6 Å². The number of hydrogen-bond acceptors (Lipinski definition) is 7. The van der Waals surface area contributed by atoms with E-state index in [1.165, 1.54) is 19.3 Å².